The van der Waals surface area contributed by atoms with Gasteiger partial charge in [0.15, 0.2) is 0 Å². The minimum absolute atomic E-state index is 0.0269. The lowest BCUT2D eigenvalue weighted by atomic mass is 10.2. The second kappa shape index (κ2) is 7.62. The first-order chi connectivity index (χ1) is 10.2. The first kappa shape index (κ1) is 15.3. The van der Waals surface area contributed by atoms with E-state index in [1.807, 2.05) is 30.3 Å². The Morgan fingerprint density at radius 3 is 2.52 bits per heavy atom. The van der Waals surface area contributed by atoms with Crippen molar-refractivity contribution >= 4 is 18.0 Å². The molecule has 0 bridgehead atoms. The molecule has 1 aromatic rings. The van der Waals surface area contributed by atoms with Crippen LogP contribution in [0.25, 0.3) is 6.08 Å². The van der Waals surface area contributed by atoms with E-state index in [0.29, 0.717) is 0 Å². The molecule has 0 saturated heterocycles. The number of hydrogen-bond acceptors (Lipinski definition) is 3. The van der Waals surface area contributed by atoms with Crippen molar-refractivity contribution in [3.05, 3.63) is 42.0 Å². The van der Waals surface area contributed by atoms with E-state index in [1.54, 1.807) is 11.0 Å². The van der Waals surface area contributed by atoms with Gasteiger partial charge in [-0.05, 0) is 24.5 Å². The Balaban J connectivity index is 2.06. The van der Waals surface area contributed by atoms with Gasteiger partial charge in [0, 0.05) is 12.1 Å². The lowest BCUT2D eigenvalue weighted by Gasteiger charge is -2.26. The first-order valence-electron chi connectivity index (χ1n) is 7.31. The van der Waals surface area contributed by atoms with E-state index in [2.05, 4.69) is 0 Å². The summed E-state index contributed by atoms with van der Waals surface area (Å²) in [5.41, 5.74) is 0.968. The van der Waals surface area contributed by atoms with E-state index in [9.17, 15) is 9.59 Å². The number of methoxy groups -OCH3 is 1. The van der Waals surface area contributed by atoms with Gasteiger partial charge >= 0.3 is 5.97 Å². The maximum atomic E-state index is 12.4. The predicted molar refractivity (Wildman–Crippen MR) is 81.5 cm³/mol. The minimum Gasteiger partial charge on any atom is -0.468 e. The number of nitrogens with zero attached hydrogens (tertiary/aromatic N) is 1. The van der Waals surface area contributed by atoms with Crippen LogP contribution in [0.5, 0.6) is 0 Å². The third kappa shape index (κ3) is 4.45. The highest BCUT2D eigenvalue weighted by atomic mass is 16.5. The molecule has 1 aliphatic rings. The van der Waals surface area contributed by atoms with Crippen molar-refractivity contribution in [3.63, 3.8) is 0 Å². The lowest BCUT2D eigenvalue weighted by molar-refractivity contribution is -0.146. The highest BCUT2D eigenvalue weighted by Crippen LogP contribution is 2.23. The molecule has 2 rings (SSSR count). The van der Waals surface area contributed by atoms with Gasteiger partial charge in [0.05, 0.1) is 7.11 Å². The van der Waals surface area contributed by atoms with Gasteiger partial charge < -0.3 is 9.64 Å². The zero-order valence-corrected chi connectivity index (χ0v) is 12.3. The molecule has 4 nitrogen and oxygen atoms in total. The topological polar surface area (TPSA) is 46.6 Å². The van der Waals surface area contributed by atoms with Crippen LogP contribution < -0.4 is 0 Å². The number of hydrogen-bond donors (Lipinski definition) is 0. The number of carbonyl (C=O) groups is 2. The van der Waals surface area contributed by atoms with Crippen LogP contribution in [0.3, 0.4) is 0 Å². The van der Waals surface area contributed by atoms with Gasteiger partial charge in [0.2, 0.25) is 5.91 Å². The summed E-state index contributed by atoms with van der Waals surface area (Å²) in [6.45, 7) is 0.0269. The molecule has 0 atom stereocenters. The number of rotatable bonds is 5. The largest absolute Gasteiger partial charge is 0.468 e. The number of benzene rings is 1. The molecular formula is C17H21NO3. The Kier molecular flexibility index (Phi) is 5.55. The average molecular weight is 287 g/mol. The summed E-state index contributed by atoms with van der Waals surface area (Å²) in [5, 5.41) is 0. The van der Waals surface area contributed by atoms with Gasteiger partial charge in [-0.2, -0.15) is 0 Å². The van der Waals surface area contributed by atoms with Crippen molar-refractivity contribution in [2.45, 2.75) is 31.7 Å². The Morgan fingerprint density at radius 1 is 1.24 bits per heavy atom. The van der Waals surface area contributed by atoms with Gasteiger partial charge in [-0.1, -0.05) is 43.2 Å². The molecule has 112 valence electrons. The van der Waals surface area contributed by atoms with Gasteiger partial charge in [-0.3, -0.25) is 9.59 Å². The van der Waals surface area contributed by atoms with Gasteiger partial charge in [-0.25, -0.2) is 0 Å². The third-order valence-electron chi connectivity index (χ3n) is 3.79. The van der Waals surface area contributed by atoms with Crippen LogP contribution in [-0.2, 0) is 14.3 Å². The zero-order valence-electron chi connectivity index (χ0n) is 12.3. The Hall–Kier alpha value is -2.10. The number of amides is 1. The molecule has 0 spiro atoms. The second-order valence-corrected chi connectivity index (χ2v) is 5.22. The molecule has 1 amide bonds. The molecule has 0 heterocycles. The van der Waals surface area contributed by atoms with Crippen LogP contribution >= 0.6 is 0 Å². The first-order valence-corrected chi connectivity index (χ1v) is 7.31. The van der Waals surface area contributed by atoms with Crippen LogP contribution in [0, 0.1) is 0 Å². The highest BCUT2D eigenvalue weighted by molar-refractivity contribution is 5.94. The molecule has 0 aliphatic heterocycles. The molecular weight excluding hydrogens is 266 g/mol. The fraction of sp³-hybridized carbons (Fsp3) is 0.412. The maximum absolute atomic E-state index is 12.4. The minimum atomic E-state index is -0.372. The van der Waals surface area contributed by atoms with Crippen LogP contribution in [0.4, 0.5) is 0 Å². The van der Waals surface area contributed by atoms with Gasteiger partial charge in [-0.15, -0.1) is 0 Å². The van der Waals surface area contributed by atoms with E-state index < -0.39 is 0 Å². The highest BCUT2D eigenvalue weighted by Gasteiger charge is 2.27. The smallest absolute Gasteiger partial charge is 0.325 e. The van der Waals surface area contributed by atoms with Crippen molar-refractivity contribution in [3.8, 4) is 0 Å². The monoisotopic (exact) mass is 287 g/mol. The van der Waals surface area contributed by atoms with Crippen LogP contribution in [0.15, 0.2) is 36.4 Å². The Morgan fingerprint density at radius 2 is 1.90 bits per heavy atom. The fourth-order valence-electron chi connectivity index (χ4n) is 2.63. The van der Waals surface area contributed by atoms with Gasteiger partial charge in [0.1, 0.15) is 6.54 Å². The molecule has 0 radical (unpaired) electrons. The SMILES string of the molecule is COC(=O)CN(C(=O)/C=C/c1ccccc1)C1CCCC1. The van der Waals surface area contributed by atoms with Crippen molar-refractivity contribution in [1.29, 1.82) is 0 Å². The summed E-state index contributed by atoms with van der Waals surface area (Å²) in [4.78, 5) is 25.5. The van der Waals surface area contributed by atoms with Crippen LogP contribution in [0.2, 0.25) is 0 Å². The maximum Gasteiger partial charge on any atom is 0.325 e. The summed E-state index contributed by atoms with van der Waals surface area (Å²) in [6, 6.07) is 9.80. The zero-order chi connectivity index (χ0) is 15.1. The molecule has 0 N–H and O–H groups in total. The summed E-state index contributed by atoms with van der Waals surface area (Å²) in [5.74, 6) is -0.500. The average Bonchev–Trinajstić information content (AvgIpc) is 3.05. The van der Waals surface area contributed by atoms with E-state index in [0.717, 1.165) is 31.2 Å². The number of carbonyl (C=O) groups excluding carboxylic acids is 2. The van der Waals surface area contributed by atoms with Crippen molar-refractivity contribution in [2.24, 2.45) is 0 Å². The predicted octanol–water partition coefficient (Wildman–Crippen LogP) is 2.64. The summed E-state index contributed by atoms with van der Waals surface area (Å²) >= 11 is 0. The van der Waals surface area contributed by atoms with Crippen LogP contribution in [0.1, 0.15) is 31.2 Å². The molecule has 1 saturated carbocycles. The molecule has 1 aliphatic carbocycles. The molecule has 0 unspecified atom stereocenters. The summed E-state index contributed by atoms with van der Waals surface area (Å²) < 4.78 is 4.70. The molecule has 4 heteroatoms. The number of esters is 1. The summed E-state index contributed by atoms with van der Waals surface area (Å²) in [7, 11) is 1.35. The molecule has 1 fully saturated rings. The van der Waals surface area contributed by atoms with Crippen molar-refractivity contribution in [1.82, 2.24) is 4.90 Å². The fourth-order valence-corrected chi connectivity index (χ4v) is 2.63. The van der Waals surface area contributed by atoms with E-state index in [-0.39, 0.29) is 24.5 Å². The summed E-state index contributed by atoms with van der Waals surface area (Å²) in [6.07, 6.45) is 7.46. The standard InChI is InChI=1S/C17H21NO3/c1-21-17(20)13-18(15-9-5-6-10-15)16(19)12-11-14-7-3-2-4-8-14/h2-4,7-8,11-12,15H,5-6,9-10,13H2,1H3/b12-11+. The molecule has 21 heavy (non-hydrogen) atoms. The van der Waals surface area contributed by atoms with Crippen LogP contribution in [-0.4, -0.2) is 36.5 Å². The molecule has 1 aromatic carbocycles. The Bertz CT molecular complexity index is 504. The van der Waals surface area contributed by atoms with Gasteiger partial charge in [0.25, 0.3) is 0 Å². The normalized spacial score (nSPS) is 15.3. The second-order valence-electron chi connectivity index (χ2n) is 5.22. The van der Waals surface area contributed by atoms with E-state index in [1.165, 1.54) is 13.2 Å². The number of ether oxygens (including phenoxy) is 1. The Labute approximate surface area is 125 Å². The van der Waals surface area contributed by atoms with Crippen molar-refractivity contribution < 1.29 is 14.3 Å². The third-order valence-corrected chi connectivity index (χ3v) is 3.79. The lowest BCUT2D eigenvalue weighted by Crippen LogP contribution is -2.41. The van der Waals surface area contributed by atoms with Crippen molar-refractivity contribution in [2.75, 3.05) is 13.7 Å². The van der Waals surface area contributed by atoms with E-state index >= 15 is 0 Å². The quantitative estimate of drug-likeness (QED) is 0.618. The van der Waals surface area contributed by atoms with E-state index in [4.69, 9.17) is 4.74 Å². The molecule has 0 aromatic heterocycles.